The Balaban J connectivity index is 1.97. The van der Waals surface area contributed by atoms with Crippen LogP contribution >= 0.6 is 0 Å². The van der Waals surface area contributed by atoms with E-state index in [4.69, 9.17) is 9.47 Å². The molecule has 1 N–H and O–H groups in total. The number of benzene rings is 1. The average Bonchev–Trinajstić information content (AvgIpc) is 2.55. The van der Waals surface area contributed by atoms with E-state index in [-0.39, 0.29) is 0 Å². The van der Waals surface area contributed by atoms with Gasteiger partial charge in [0.05, 0.1) is 14.2 Å². The van der Waals surface area contributed by atoms with Crippen LogP contribution in [0.3, 0.4) is 0 Å². The maximum Gasteiger partial charge on any atom is 0.161 e. The molecule has 0 saturated carbocycles. The fourth-order valence-corrected chi connectivity index (χ4v) is 2.97. The first-order chi connectivity index (χ1) is 10.3. The Morgan fingerprint density at radius 2 is 1.86 bits per heavy atom. The second kappa shape index (κ2) is 8.25. The van der Waals surface area contributed by atoms with E-state index in [9.17, 15) is 0 Å². The zero-order valence-corrected chi connectivity index (χ0v) is 13.5. The summed E-state index contributed by atoms with van der Waals surface area (Å²) in [6, 6.07) is 6.21. The second-order valence-electron chi connectivity index (χ2n) is 5.71. The number of hydrogen-bond donors (Lipinski definition) is 1. The van der Waals surface area contributed by atoms with Gasteiger partial charge in [0.25, 0.3) is 0 Å². The van der Waals surface area contributed by atoms with Crippen molar-refractivity contribution in [2.24, 2.45) is 5.92 Å². The first kappa shape index (κ1) is 16.1. The van der Waals surface area contributed by atoms with Gasteiger partial charge in [0.15, 0.2) is 11.5 Å². The largest absolute Gasteiger partial charge is 0.493 e. The molecule has 1 aliphatic heterocycles. The fraction of sp³-hybridized carbons (Fsp3) is 0.647. The van der Waals surface area contributed by atoms with E-state index in [1.165, 1.54) is 38.0 Å². The standard InChI is InChI=1S/C17H28N2O2/c1-4-19(12-14-7-9-18-10-8-14)13-15-5-6-16(20-2)17(11-15)21-3/h5-6,11,14,18H,4,7-10,12-13H2,1-3H3. The minimum absolute atomic E-state index is 0.794. The van der Waals surface area contributed by atoms with Gasteiger partial charge in [-0.15, -0.1) is 0 Å². The summed E-state index contributed by atoms with van der Waals surface area (Å²) in [6.07, 6.45) is 2.59. The van der Waals surface area contributed by atoms with Gasteiger partial charge in [0.1, 0.15) is 0 Å². The number of nitrogens with zero attached hydrogens (tertiary/aromatic N) is 1. The predicted molar refractivity (Wildman–Crippen MR) is 86.1 cm³/mol. The third-order valence-corrected chi connectivity index (χ3v) is 4.28. The molecule has 1 heterocycles. The highest BCUT2D eigenvalue weighted by Gasteiger charge is 2.16. The molecule has 4 nitrogen and oxygen atoms in total. The topological polar surface area (TPSA) is 33.7 Å². The van der Waals surface area contributed by atoms with Gasteiger partial charge < -0.3 is 14.8 Å². The first-order valence-corrected chi connectivity index (χ1v) is 7.90. The van der Waals surface area contributed by atoms with E-state index in [0.29, 0.717) is 0 Å². The Kier molecular flexibility index (Phi) is 6.33. The molecular weight excluding hydrogens is 264 g/mol. The summed E-state index contributed by atoms with van der Waals surface area (Å²) < 4.78 is 10.7. The fourth-order valence-electron chi connectivity index (χ4n) is 2.97. The molecule has 1 fully saturated rings. The predicted octanol–water partition coefficient (Wildman–Crippen LogP) is 2.53. The van der Waals surface area contributed by atoms with Crippen molar-refractivity contribution in [1.82, 2.24) is 10.2 Å². The zero-order chi connectivity index (χ0) is 15.1. The van der Waals surface area contributed by atoms with Crippen LogP contribution in [-0.2, 0) is 6.54 Å². The Labute approximate surface area is 128 Å². The van der Waals surface area contributed by atoms with Crippen LogP contribution < -0.4 is 14.8 Å². The molecule has 1 aliphatic rings. The van der Waals surface area contributed by atoms with E-state index in [1.54, 1.807) is 14.2 Å². The maximum absolute atomic E-state index is 5.39. The molecule has 0 spiro atoms. The van der Waals surface area contributed by atoms with Gasteiger partial charge in [0.2, 0.25) is 0 Å². The molecule has 1 saturated heterocycles. The number of piperidine rings is 1. The van der Waals surface area contributed by atoms with Crippen LogP contribution in [0, 0.1) is 5.92 Å². The van der Waals surface area contributed by atoms with E-state index in [1.807, 2.05) is 6.07 Å². The van der Waals surface area contributed by atoms with Crippen molar-refractivity contribution in [3.8, 4) is 11.5 Å². The maximum atomic E-state index is 5.39. The normalized spacial score (nSPS) is 16.2. The second-order valence-corrected chi connectivity index (χ2v) is 5.71. The summed E-state index contributed by atoms with van der Waals surface area (Å²) in [5, 5.41) is 3.43. The van der Waals surface area contributed by atoms with Crippen LogP contribution in [0.2, 0.25) is 0 Å². The van der Waals surface area contributed by atoms with Crippen LogP contribution in [0.15, 0.2) is 18.2 Å². The van der Waals surface area contributed by atoms with Crippen molar-refractivity contribution in [1.29, 1.82) is 0 Å². The number of rotatable bonds is 7. The van der Waals surface area contributed by atoms with E-state index in [0.717, 1.165) is 30.5 Å². The van der Waals surface area contributed by atoms with Crippen molar-refractivity contribution < 1.29 is 9.47 Å². The summed E-state index contributed by atoms with van der Waals surface area (Å²) in [5.74, 6) is 2.43. The van der Waals surface area contributed by atoms with Crippen LogP contribution in [0.4, 0.5) is 0 Å². The van der Waals surface area contributed by atoms with Crippen LogP contribution in [0.25, 0.3) is 0 Å². The lowest BCUT2D eigenvalue weighted by molar-refractivity contribution is 0.207. The van der Waals surface area contributed by atoms with E-state index >= 15 is 0 Å². The molecule has 118 valence electrons. The first-order valence-electron chi connectivity index (χ1n) is 7.90. The number of nitrogens with one attached hydrogen (secondary N) is 1. The van der Waals surface area contributed by atoms with Crippen LogP contribution in [-0.4, -0.2) is 45.3 Å². The summed E-state index contributed by atoms with van der Waals surface area (Å²) in [5.41, 5.74) is 1.28. The molecule has 0 amide bonds. The van der Waals surface area contributed by atoms with Crippen molar-refractivity contribution >= 4 is 0 Å². The molecule has 0 unspecified atom stereocenters. The average molecular weight is 292 g/mol. The number of methoxy groups -OCH3 is 2. The van der Waals surface area contributed by atoms with Crippen LogP contribution in [0.1, 0.15) is 25.3 Å². The third kappa shape index (κ3) is 4.61. The molecule has 2 rings (SSSR count). The molecule has 1 aromatic carbocycles. The Hall–Kier alpha value is -1.26. The SMILES string of the molecule is CCN(Cc1ccc(OC)c(OC)c1)CC1CCNCC1. The molecule has 0 aliphatic carbocycles. The lowest BCUT2D eigenvalue weighted by Gasteiger charge is -2.29. The Morgan fingerprint density at radius 1 is 1.14 bits per heavy atom. The van der Waals surface area contributed by atoms with Crippen molar-refractivity contribution in [3.63, 3.8) is 0 Å². The molecular formula is C17H28N2O2. The van der Waals surface area contributed by atoms with E-state index < -0.39 is 0 Å². The van der Waals surface area contributed by atoms with Crippen molar-refractivity contribution in [2.45, 2.75) is 26.3 Å². The quantitative estimate of drug-likeness (QED) is 0.837. The number of ether oxygens (including phenoxy) is 2. The zero-order valence-electron chi connectivity index (χ0n) is 13.5. The van der Waals surface area contributed by atoms with Crippen molar-refractivity contribution in [2.75, 3.05) is 40.4 Å². The van der Waals surface area contributed by atoms with Gasteiger partial charge in [-0.05, 0) is 56.1 Å². The minimum atomic E-state index is 0.794. The monoisotopic (exact) mass is 292 g/mol. The van der Waals surface area contributed by atoms with Crippen molar-refractivity contribution in [3.05, 3.63) is 23.8 Å². The lowest BCUT2D eigenvalue weighted by Crippen LogP contribution is -2.35. The lowest BCUT2D eigenvalue weighted by atomic mass is 9.97. The van der Waals surface area contributed by atoms with E-state index in [2.05, 4.69) is 29.3 Å². The molecule has 1 aromatic rings. The highest BCUT2D eigenvalue weighted by atomic mass is 16.5. The van der Waals surface area contributed by atoms with Gasteiger partial charge in [-0.2, -0.15) is 0 Å². The molecule has 0 radical (unpaired) electrons. The summed E-state index contributed by atoms with van der Waals surface area (Å²) in [6.45, 7) is 7.81. The Bertz CT molecular complexity index is 431. The van der Waals surface area contributed by atoms with Gasteiger partial charge in [-0.3, -0.25) is 4.90 Å². The molecule has 0 atom stereocenters. The highest BCUT2D eigenvalue weighted by molar-refractivity contribution is 5.42. The van der Waals surface area contributed by atoms with Gasteiger partial charge in [0, 0.05) is 13.1 Å². The van der Waals surface area contributed by atoms with Crippen LogP contribution in [0.5, 0.6) is 11.5 Å². The summed E-state index contributed by atoms with van der Waals surface area (Å²) in [7, 11) is 3.36. The van der Waals surface area contributed by atoms with Gasteiger partial charge in [-0.25, -0.2) is 0 Å². The molecule has 4 heteroatoms. The van der Waals surface area contributed by atoms with Gasteiger partial charge in [-0.1, -0.05) is 13.0 Å². The molecule has 0 bridgehead atoms. The third-order valence-electron chi connectivity index (χ3n) is 4.28. The smallest absolute Gasteiger partial charge is 0.161 e. The minimum Gasteiger partial charge on any atom is -0.493 e. The number of hydrogen-bond acceptors (Lipinski definition) is 4. The Morgan fingerprint density at radius 3 is 2.48 bits per heavy atom. The summed E-state index contributed by atoms with van der Waals surface area (Å²) >= 11 is 0. The molecule has 21 heavy (non-hydrogen) atoms. The summed E-state index contributed by atoms with van der Waals surface area (Å²) in [4.78, 5) is 2.53. The van der Waals surface area contributed by atoms with Gasteiger partial charge >= 0.3 is 0 Å². The molecule has 0 aromatic heterocycles. The highest BCUT2D eigenvalue weighted by Crippen LogP contribution is 2.28.